The maximum absolute atomic E-state index is 13.6. The predicted octanol–water partition coefficient (Wildman–Crippen LogP) is 3.89. The molecule has 0 radical (unpaired) electrons. The standard InChI is InChI=1S/C13H8F4OS/c14-8-1-2-12(9(15)5-8)19-13-10(16)3-7(6-18)4-11(13)17/h1-5,18H,6H2. The number of aliphatic hydroxyl groups is 1. The minimum absolute atomic E-state index is 0.0823. The van der Waals surface area contributed by atoms with Crippen LogP contribution in [0.4, 0.5) is 17.6 Å². The molecule has 0 bridgehead atoms. The normalized spacial score (nSPS) is 10.8. The van der Waals surface area contributed by atoms with Crippen molar-refractivity contribution in [3.63, 3.8) is 0 Å². The van der Waals surface area contributed by atoms with Crippen molar-refractivity contribution >= 4 is 11.8 Å². The fourth-order valence-electron chi connectivity index (χ4n) is 1.47. The second kappa shape index (κ2) is 5.63. The first-order valence-electron chi connectivity index (χ1n) is 5.23. The summed E-state index contributed by atoms with van der Waals surface area (Å²) >= 11 is 0.522. The monoisotopic (exact) mass is 288 g/mol. The van der Waals surface area contributed by atoms with Gasteiger partial charge in [-0.3, -0.25) is 0 Å². The quantitative estimate of drug-likeness (QED) is 0.865. The third-order valence-electron chi connectivity index (χ3n) is 2.35. The first kappa shape index (κ1) is 13.9. The van der Waals surface area contributed by atoms with E-state index in [-0.39, 0.29) is 10.5 Å². The highest BCUT2D eigenvalue weighted by molar-refractivity contribution is 7.99. The molecule has 0 fully saturated rings. The second-order valence-electron chi connectivity index (χ2n) is 3.72. The molecule has 0 aliphatic rings. The Balaban J connectivity index is 2.38. The summed E-state index contributed by atoms with van der Waals surface area (Å²) in [5.41, 5.74) is 0.0823. The lowest BCUT2D eigenvalue weighted by atomic mass is 10.2. The Morgan fingerprint density at radius 1 is 0.895 bits per heavy atom. The van der Waals surface area contributed by atoms with Crippen LogP contribution in [0, 0.1) is 23.3 Å². The SMILES string of the molecule is OCc1cc(F)c(Sc2ccc(F)cc2F)c(F)c1. The fraction of sp³-hybridized carbons (Fsp3) is 0.0769. The van der Waals surface area contributed by atoms with Gasteiger partial charge in [0.05, 0.1) is 11.5 Å². The summed E-state index contributed by atoms with van der Waals surface area (Å²) in [5, 5.41) is 8.80. The molecule has 0 aliphatic heterocycles. The number of halogens is 4. The van der Waals surface area contributed by atoms with Gasteiger partial charge in [0.15, 0.2) is 0 Å². The summed E-state index contributed by atoms with van der Waals surface area (Å²) in [4.78, 5) is -0.487. The van der Waals surface area contributed by atoms with Crippen LogP contribution in [0.1, 0.15) is 5.56 Å². The minimum atomic E-state index is -0.905. The van der Waals surface area contributed by atoms with E-state index in [1.54, 1.807) is 0 Å². The predicted molar refractivity (Wildman–Crippen MR) is 62.8 cm³/mol. The number of hydrogen-bond acceptors (Lipinski definition) is 2. The van der Waals surface area contributed by atoms with E-state index in [4.69, 9.17) is 5.11 Å². The highest BCUT2D eigenvalue weighted by atomic mass is 32.2. The van der Waals surface area contributed by atoms with Crippen LogP contribution in [0.5, 0.6) is 0 Å². The Morgan fingerprint density at radius 3 is 2.05 bits per heavy atom. The van der Waals surface area contributed by atoms with Gasteiger partial charge in [0, 0.05) is 11.0 Å². The lowest BCUT2D eigenvalue weighted by Crippen LogP contribution is -1.94. The molecule has 1 nitrogen and oxygen atoms in total. The molecule has 100 valence electrons. The molecule has 0 aliphatic carbocycles. The summed E-state index contributed by atoms with van der Waals surface area (Å²) < 4.78 is 53.4. The van der Waals surface area contributed by atoms with Gasteiger partial charge < -0.3 is 5.11 Å². The Morgan fingerprint density at radius 2 is 1.53 bits per heavy atom. The zero-order chi connectivity index (χ0) is 14.0. The molecule has 0 unspecified atom stereocenters. The lowest BCUT2D eigenvalue weighted by Gasteiger charge is -2.07. The third-order valence-corrected chi connectivity index (χ3v) is 3.49. The van der Waals surface area contributed by atoms with Gasteiger partial charge in [-0.2, -0.15) is 0 Å². The maximum atomic E-state index is 13.6. The van der Waals surface area contributed by atoms with Crippen molar-refractivity contribution < 1.29 is 22.7 Å². The minimum Gasteiger partial charge on any atom is -0.392 e. The van der Waals surface area contributed by atoms with E-state index < -0.39 is 34.8 Å². The second-order valence-corrected chi connectivity index (χ2v) is 4.78. The summed E-state index contributed by atoms with van der Waals surface area (Å²) in [6, 6.07) is 4.68. The number of aliphatic hydroxyl groups excluding tert-OH is 1. The van der Waals surface area contributed by atoms with Crippen LogP contribution in [-0.4, -0.2) is 5.11 Å². The summed E-state index contributed by atoms with van der Waals surface area (Å²) in [6.07, 6.45) is 0. The number of benzene rings is 2. The smallest absolute Gasteiger partial charge is 0.140 e. The Kier molecular flexibility index (Phi) is 4.11. The van der Waals surface area contributed by atoms with Gasteiger partial charge >= 0.3 is 0 Å². The molecule has 6 heteroatoms. The van der Waals surface area contributed by atoms with Crippen LogP contribution >= 0.6 is 11.8 Å². The summed E-state index contributed by atoms with van der Waals surface area (Å²) in [7, 11) is 0. The average molecular weight is 288 g/mol. The molecule has 0 amide bonds. The van der Waals surface area contributed by atoms with E-state index in [1.807, 2.05) is 0 Å². The van der Waals surface area contributed by atoms with Gasteiger partial charge in [0.2, 0.25) is 0 Å². The van der Waals surface area contributed by atoms with E-state index in [1.165, 1.54) is 0 Å². The van der Waals surface area contributed by atoms with E-state index in [0.29, 0.717) is 17.8 Å². The molecule has 0 aromatic heterocycles. The lowest BCUT2D eigenvalue weighted by molar-refractivity contribution is 0.280. The van der Waals surface area contributed by atoms with E-state index in [0.717, 1.165) is 24.3 Å². The molecule has 19 heavy (non-hydrogen) atoms. The van der Waals surface area contributed by atoms with Crippen molar-refractivity contribution in [3.8, 4) is 0 Å². The van der Waals surface area contributed by atoms with Gasteiger partial charge in [-0.25, -0.2) is 17.6 Å². The molecule has 1 N–H and O–H groups in total. The first-order chi connectivity index (χ1) is 9.01. The Hall–Kier alpha value is -1.53. The van der Waals surface area contributed by atoms with Crippen molar-refractivity contribution in [1.29, 1.82) is 0 Å². The topological polar surface area (TPSA) is 20.2 Å². The molecular formula is C13H8F4OS. The van der Waals surface area contributed by atoms with Crippen LogP contribution < -0.4 is 0 Å². The first-order valence-corrected chi connectivity index (χ1v) is 6.04. The van der Waals surface area contributed by atoms with E-state index in [2.05, 4.69) is 0 Å². The van der Waals surface area contributed by atoms with Gasteiger partial charge in [-0.05, 0) is 29.8 Å². The van der Waals surface area contributed by atoms with Gasteiger partial charge in [0.25, 0.3) is 0 Å². The summed E-state index contributed by atoms with van der Waals surface area (Å²) in [6.45, 7) is -0.496. The zero-order valence-corrected chi connectivity index (χ0v) is 10.3. The van der Waals surface area contributed by atoms with Crippen molar-refractivity contribution in [2.45, 2.75) is 16.4 Å². The molecule has 2 rings (SSSR count). The highest BCUT2D eigenvalue weighted by Gasteiger charge is 2.15. The Bertz CT molecular complexity index is 593. The average Bonchev–Trinajstić information content (AvgIpc) is 2.35. The van der Waals surface area contributed by atoms with Crippen LogP contribution in [0.15, 0.2) is 40.1 Å². The zero-order valence-electron chi connectivity index (χ0n) is 9.46. The highest BCUT2D eigenvalue weighted by Crippen LogP contribution is 2.34. The molecule has 0 spiro atoms. The molecule has 2 aromatic rings. The van der Waals surface area contributed by atoms with Gasteiger partial charge in [-0.1, -0.05) is 11.8 Å². The molecule has 2 aromatic carbocycles. The van der Waals surface area contributed by atoms with E-state index >= 15 is 0 Å². The van der Waals surface area contributed by atoms with Crippen LogP contribution in [0.3, 0.4) is 0 Å². The van der Waals surface area contributed by atoms with Crippen LogP contribution in [0.25, 0.3) is 0 Å². The van der Waals surface area contributed by atoms with Crippen molar-refractivity contribution in [2.24, 2.45) is 0 Å². The van der Waals surface area contributed by atoms with E-state index in [9.17, 15) is 17.6 Å². The molecular weight excluding hydrogens is 280 g/mol. The largest absolute Gasteiger partial charge is 0.392 e. The number of rotatable bonds is 3. The van der Waals surface area contributed by atoms with Gasteiger partial charge in [-0.15, -0.1) is 0 Å². The van der Waals surface area contributed by atoms with Gasteiger partial charge in [0.1, 0.15) is 23.3 Å². The number of hydrogen-bond donors (Lipinski definition) is 1. The molecule has 0 heterocycles. The Labute approximate surface area is 110 Å². The maximum Gasteiger partial charge on any atom is 0.140 e. The van der Waals surface area contributed by atoms with Crippen molar-refractivity contribution in [2.75, 3.05) is 0 Å². The van der Waals surface area contributed by atoms with Crippen LogP contribution in [-0.2, 0) is 6.61 Å². The summed E-state index contributed by atoms with van der Waals surface area (Å²) in [5.74, 6) is -3.47. The molecule has 0 saturated carbocycles. The fourth-order valence-corrected chi connectivity index (χ4v) is 2.29. The molecule has 0 saturated heterocycles. The van der Waals surface area contributed by atoms with Crippen LogP contribution in [0.2, 0.25) is 0 Å². The third kappa shape index (κ3) is 3.08. The molecule has 0 atom stereocenters. The van der Waals surface area contributed by atoms with Crippen molar-refractivity contribution in [1.82, 2.24) is 0 Å². The van der Waals surface area contributed by atoms with Crippen molar-refractivity contribution in [3.05, 3.63) is 59.2 Å².